The molecule has 0 bridgehead atoms. The molecule has 110 valence electrons. The van der Waals surface area contributed by atoms with Gasteiger partial charge in [0.25, 0.3) is 5.56 Å². The molecule has 0 fully saturated rings. The van der Waals surface area contributed by atoms with Crippen LogP contribution in [-0.2, 0) is 11.3 Å². The topological polar surface area (TPSA) is 90.0 Å². The van der Waals surface area contributed by atoms with Crippen LogP contribution < -0.4 is 16.6 Å². The summed E-state index contributed by atoms with van der Waals surface area (Å²) < 4.78 is 1.75. The van der Waals surface area contributed by atoms with Gasteiger partial charge in [0.05, 0.1) is 26.3 Å². The number of aromatic nitrogens is 2. The second-order valence-electron chi connectivity index (χ2n) is 4.36. The average molecular weight is 419 g/mol. The molecule has 0 unspecified atom stereocenters. The second kappa shape index (κ2) is 6.44. The van der Waals surface area contributed by atoms with Gasteiger partial charge in [-0.15, -0.1) is 0 Å². The molecule has 2 aromatic rings. The molecule has 0 radical (unpaired) electrons. The van der Waals surface area contributed by atoms with Crippen LogP contribution in [0.1, 0.15) is 5.69 Å². The third kappa shape index (κ3) is 3.73. The molecule has 0 spiro atoms. The van der Waals surface area contributed by atoms with Crippen LogP contribution in [0.4, 0.5) is 11.4 Å². The van der Waals surface area contributed by atoms with Crippen LogP contribution in [0.3, 0.4) is 0 Å². The zero-order valence-electron chi connectivity index (χ0n) is 11.1. The molecule has 0 saturated carbocycles. The quantitative estimate of drug-likeness (QED) is 0.589. The highest BCUT2D eigenvalue weighted by atomic mass is 127. The molecule has 0 saturated heterocycles. The minimum absolute atomic E-state index is 0.120. The fourth-order valence-electron chi connectivity index (χ4n) is 1.64. The molecule has 6 nitrogen and oxygen atoms in total. The predicted molar refractivity (Wildman–Crippen MR) is 90.4 cm³/mol. The zero-order valence-corrected chi connectivity index (χ0v) is 14.0. The van der Waals surface area contributed by atoms with E-state index in [1.54, 1.807) is 25.1 Å². The van der Waals surface area contributed by atoms with E-state index in [1.807, 2.05) is 22.6 Å². The Bertz CT molecular complexity index is 760. The van der Waals surface area contributed by atoms with E-state index in [0.717, 1.165) is 0 Å². The molecule has 0 atom stereocenters. The first kappa shape index (κ1) is 15.8. The van der Waals surface area contributed by atoms with Crippen molar-refractivity contribution in [3.05, 3.63) is 49.2 Å². The molecule has 0 aliphatic carbocycles. The third-order valence-electron chi connectivity index (χ3n) is 2.75. The van der Waals surface area contributed by atoms with E-state index in [9.17, 15) is 9.59 Å². The molecule has 8 heteroatoms. The molecule has 1 aromatic heterocycles. The lowest BCUT2D eigenvalue weighted by molar-refractivity contribution is -0.116. The number of nitrogens with two attached hydrogens (primary N) is 1. The zero-order chi connectivity index (χ0) is 15.6. The average Bonchev–Trinajstić information content (AvgIpc) is 2.44. The molecule has 2 rings (SSSR count). The largest absolute Gasteiger partial charge is 0.397 e. The van der Waals surface area contributed by atoms with E-state index in [2.05, 4.69) is 10.3 Å². The van der Waals surface area contributed by atoms with Crippen LogP contribution in [0.15, 0.2) is 29.3 Å². The Morgan fingerprint density at radius 2 is 2.24 bits per heavy atom. The van der Waals surface area contributed by atoms with Gasteiger partial charge in [-0.3, -0.25) is 14.2 Å². The Hall–Kier alpha value is -1.61. The lowest BCUT2D eigenvalue weighted by atomic mass is 10.3. The van der Waals surface area contributed by atoms with Crippen molar-refractivity contribution in [1.29, 1.82) is 0 Å². The first-order chi connectivity index (χ1) is 9.88. The van der Waals surface area contributed by atoms with E-state index >= 15 is 0 Å². The van der Waals surface area contributed by atoms with E-state index < -0.39 is 0 Å². The van der Waals surface area contributed by atoms with Crippen LogP contribution in [0.5, 0.6) is 0 Å². The van der Waals surface area contributed by atoms with Gasteiger partial charge in [0, 0.05) is 5.69 Å². The maximum absolute atomic E-state index is 12.0. The standard InChI is InChI=1S/C13H12ClIN4O2/c1-7-12(15)13(21)19(6-17-7)5-11(20)18-8-2-3-9(14)10(16)4-8/h2-4,6H,5,16H2,1H3,(H,18,20). The summed E-state index contributed by atoms with van der Waals surface area (Å²) in [4.78, 5) is 28.0. The Morgan fingerprint density at radius 3 is 2.90 bits per heavy atom. The van der Waals surface area contributed by atoms with E-state index in [4.69, 9.17) is 17.3 Å². The van der Waals surface area contributed by atoms with Gasteiger partial charge in [0.1, 0.15) is 6.54 Å². The summed E-state index contributed by atoms with van der Waals surface area (Å²) in [6.45, 7) is 1.62. The van der Waals surface area contributed by atoms with Crippen molar-refractivity contribution in [1.82, 2.24) is 9.55 Å². The number of hydrogen-bond donors (Lipinski definition) is 2. The van der Waals surface area contributed by atoms with Crippen LogP contribution in [0.2, 0.25) is 5.02 Å². The molecule has 21 heavy (non-hydrogen) atoms. The van der Waals surface area contributed by atoms with Gasteiger partial charge < -0.3 is 11.1 Å². The highest BCUT2D eigenvalue weighted by molar-refractivity contribution is 14.1. The fourth-order valence-corrected chi connectivity index (χ4v) is 2.20. The lowest BCUT2D eigenvalue weighted by Gasteiger charge is -2.09. The summed E-state index contributed by atoms with van der Waals surface area (Å²) in [5, 5.41) is 3.07. The number of halogens is 2. The van der Waals surface area contributed by atoms with Crippen molar-refractivity contribution < 1.29 is 4.79 Å². The summed E-state index contributed by atoms with van der Waals surface area (Å²) in [6.07, 6.45) is 1.36. The number of benzene rings is 1. The maximum Gasteiger partial charge on any atom is 0.267 e. The molecule has 1 amide bonds. The van der Waals surface area contributed by atoms with Gasteiger partial charge in [-0.1, -0.05) is 11.6 Å². The number of aryl methyl sites for hydroxylation is 1. The number of nitrogens with one attached hydrogen (secondary N) is 1. The van der Waals surface area contributed by atoms with E-state index in [0.29, 0.717) is 25.7 Å². The number of nitrogens with zero attached hydrogens (tertiary/aromatic N) is 2. The predicted octanol–water partition coefficient (Wildman–Crippen LogP) is 2.03. The molecular formula is C13H12ClIN4O2. The highest BCUT2D eigenvalue weighted by Crippen LogP contribution is 2.22. The lowest BCUT2D eigenvalue weighted by Crippen LogP contribution is -2.29. The van der Waals surface area contributed by atoms with Gasteiger partial charge in [0.15, 0.2) is 0 Å². The highest BCUT2D eigenvalue weighted by Gasteiger charge is 2.10. The molecule has 1 heterocycles. The first-order valence-electron chi connectivity index (χ1n) is 5.95. The smallest absolute Gasteiger partial charge is 0.267 e. The number of nitrogen functional groups attached to an aromatic ring is 1. The fraction of sp³-hybridized carbons (Fsp3) is 0.154. The van der Waals surface area contributed by atoms with Crippen molar-refractivity contribution in [2.24, 2.45) is 0 Å². The summed E-state index contributed by atoms with van der Waals surface area (Å²) in [5.74, 6) is -0.347. The molecule has 0 aliphatic heterocycles. The number of carbonyl (C=O) groups is 1. The minimum atomic E-state index is -0.347. The number of hydrogen-bond acceptors (Lipinski definition) is 4. The van der Waals surface area contributed by atoms with Gasteiger partial charge in [-0.2, -0.15) is 0 Å². The van der Waals surface area contributed by atoms with Crippen molar-refractivity contribution in [2.45, 2.75) is 13.5 Å². The van der Waals surface area contributed by atoms with Crippen molar-refractivity contribution in [2.75, 3.05) is 11.1 Å². The van der Waals surface area contributed by atoms with Gasteiger partial charge >= 0.3 is 0 Å². The molecule has 1 aromatic carbocycles. The van der Waals surface area contributed by atoms with Crippen LogP contribution >= 0.6 is 34.2 Å². The molecular weight excluding hydrogens is 407 g/mol. The van der Waals surface area contributed by atoms with Gasteiger partial charge in [0.2, 0.25) is 5.91 Å². The van der Waals surface area contributed by atoms with Crippen LogP contribution in [0.25, 0.3) is 0 Å². The number of amides is 1. The summed E-state index contributed by atoms with van der Waals surface area (Å²) in [5.41, 5.74) is 6.95. The Labute approximate surface area is 139 Å². The molecule has 0 aliphatic rings. The number of carbonyl (C=O) groups excluding carboxylic acids is 1. The maximum atomic E-state index is 12.0. The van der Waals surface area contributed by atoms with Gasteiger partial charge in [-0.25, -0.2) is 4.98 Å². The minimum Gasteiger partial charge on any atom is -0.397 e. The van der Waals surface area contributed by atoms with E-state index in [1.165, 1.54) is 10.9 Å². The first-order valence-corrected chi connectivity index (χ1v) is 7.40. The number of anilines is 2. The monoisotopic (exact) mass is 418 g/mol. The SMILES string of the molecule is Cc1ncn(CC(=O)Nc2ccc(Cl)c(N)c2)c(=O)c1I. The Morgan fingerprint density at radius 1 is 1.52 bits per heavy atom. The van der Waals surface area contributed by atoms with Crippen molar-refractivity contribution in [3.8, 4) is 0 Å². The Kier molecular flexibility index (Phi) is 4.84. The van der Waals surface area contributed by atoms with Crippen LogP contribution in [0, 0.1) is 10.5 Å². The summed E-state index contributed by atoms with van der Waals surface area (Å²) in [6, 6.07) is 4.78. The van der Waals surface area contributed by atoms with Crippen LogP contribution in [-0.4, -0.2) is 15.5 Å². The van der Waals surface area contributed by atoms with Crippen molar-refractivity contribution in [3.63, 3.8) is 0 Å². The van der Waals surface area contributed by atoms with Crippen molar-refractivity contribution >= 4 is 51.5 Å². The summed E-state index contributed by atoms with van der Waals surface area (Å²) in [7, 11) is 0. The molecule has 3 N–H and O–H groups in total. The Balaban J connectivity index is 2.14. The van der Waals surface area contributed by atoms with Gasteiger partial charge in [-0.05, 0) is 47.7 Å². The van der Waals surface area contributed by atoms with E-state index in [-0.39, 0.29) is 18.0 Å². The number of rotatable bonds is 3. The summed E-state index contributed by atoms with van der Waals surface area (Å²) >= 11 is 7.72. The normalized spacial score (nSPS) is 10.4. The third-order valence-corrected chi connectivity index (χ3v) is 4.34. The second-order valence-corrected chi connectivity index (χ2v) is 5.85.